The molecule has 74 valence electrons. The highest BCUT2D eigenvalue weighted by Crippen LogP contribution is 2.37. The predicted octanol–water partition coefficient (Wildman–Crippen LogP) is 3.33. The third-order valence-corrected chi connectivity index (χ3v) is 2.01. The van der Waals surface area contributed by atoms with E-state index in [0.717, 1.165) is 0 Å². The van der Waals surface area contributed by atoms with E-state index in [-0.39, 0.29) is 0 Å². The second kappa shape index (κ2) is 3.49. The van der Waals surface area contributed by atoms with E-state index in [1.54, 1.807) is 0 Å². The van der Waals surface area contributed by atoms with Gasteiger partial charge in [0.1, 0.15) is 0 Å². The lowest BCUT2D eigenvalue weighted by atomic mass is 10.3. The molecule has 2 atom stereocenters. The van der Waals surface area contributed by atoms with Crippen molar-refractivity contribution in [2.75, 3.05) is 0 Å². The number of hydrogen-bond acceptors (Lipinski definition) is 0. The molecule has 8 heteroatoms. The van der Waals surface area contributed by atoms with Gasteiger partial charge in [-0.25, -0.2) is 0 Å². The second-order valence-corrected chi connectivity index (χ2v) is 2.83. The molecule has 0 aliphatic heterocycles. The SMILES string of the molecule is FC(F)(F)C(Cl)C(Cl)C(F)(F)F. The highest BCUT2D eigenvalue weighted by molar-refractivity contribution is 6.30. The zero-order valence-electron chi connectivity index (χ0n) is 5.18. The van der Waals surface area contributed by atoms with Gasteiger partial charge in [-0.05, 0) is 0 Å². The van der Waals surface area contributed by atoms with Gasteiger partial charge in [-0.1, -0.05) is 0 Å². The van der Waals surface area contributed by atoms with E-state index in [0.29, 0.717) is 0 Å². The first kappa shape index (κ1) is 12.2. The minimum Gasteiger partial charge on any atom is -0.169 e. The van der Waals surface area contributed by atoms with E-state index in [2.05, 4.69) is 23.2 Å². The Morgan fingerprint density at radius 1 is 0.667 bits per heavy atom. The van der Waals surface area contributed by atoms with Crippen molar-refractivity contribution in [3.05, 3.63) is 0 Å². The summed E-state index contributed by atoms with van der Waals surface area (Å²) in [5.41, 5.74) is 0. The molecule has 12 heavy (non-hydrogen) atoms. The summed E-state index contributed by atoms with van der Waals surface area (Å²) in [6.07, 6.45) is -10.3. The Morgan fingerprint density at radius 3 is 0.917 bits per heavy atom. The van der Waals surface area contributed by atoms with E-state index in [4.69, 9.17) is 0 Å². The average molecular weight is 235 g/mol. The number of rotatable bonds is 1. The fourth-order valence-corrected chi connectivity index (χ4v) is 0.618. The van der Waals surface area contributed by atoms with Crippen LogP contribution < -0.4 is 0 Å². The molecule has 0 N–H and O–H groups in total. The molecule has 0 rings (SSSR count). The fourth-order valence-electron chi connectivity index (χ4n) is 0.332. The van der Waals surface area contributed by atoms with Gasteiger partial charge < -0.3 is 0 Å². The Bertz CT molecular complexity index is 131. The first-order valence-corrected chi connectivity index (χ1v) is 3.35. The zero-order valence-corrected chi connectivity index (χ0v) is 6.69. The largest absolute Gasteiger partial charge is 0.406 e. The predicted molar refractivity (Wildman–Crippen MR) is 31.4 cm³/mol. The van der Waals surface area contributed by atoms with Gasteiger partial charge in [0.25, 0.3) is 0 Å². The number of hydrogen-bond donors (Lipinski definition) is 0. The van der Waals surface area contributed by atoms with Gasteiger partial charge in [0, 0.05) is 0 Å². The standard InChI is InChI=1S/C4H2Cl2F6/c5-1(3(7,8)9)2(6)4(10,11)12/h1-2H. The lowest BCUT2D eigenvalue weighted by Gasteiger charge is -2.20. The summed E-state index contributed by atoms with van der Waals surface area (Å²) in [7, 11) is 0. The first-order chi connectivity index (χ1) is 5.07. The molecule has 0 nitrogen and oxygen atoms in total. The van der Waals surface area contributed by atoms with Crippen molar-refractivity contribution in [3.63, 3.8) is 0 Å². The van der Waals surface area contributed by atoms with Crippen LogP contribution in [0, 0.1) is 0 Å². The number of halogens is 8. The van der Waals surface area contributed by atoms with Crippen molar-refractivity contribution in [1.29, 1.82) is 0 Å². The molecule has 0 aromatic heterocycles. The van der Waals surface area contributed by atoms with Crippen LogP contribution in [0.1, 0.15) is 0 Å². The van der Waals surface area contributed by atoms with Crippen LogP contribution in [-0.4, -0.2) is 23.1 Å². The fraction of sp³-hybridized carbons (Fsp3) is 1.00. The molecule has 0 aromatic rings. The lowest BCUT2D eigenvalue weighted by Crippen LogP contribution is -2.40. The van der Waals surface area contributed by atoms with Crippen molar-refractivity contribution < 1.29 is 26.3 Å². The van der Waals surface area contributed by atoms with E-state index in [1.165, 1.54) is 0 Å². The normalized spacial score (nSPS) is 19.0. The third kappa shape index (κ3) is 3.26. The van der Waals surface area contributed by atoms with Crippen molar-refractivity contribution >= 4 is 23.2 Å². The summed E-state index contributed by atoms with van der Waals surface area (Å²) in [6.45, 7) is 0. The van der Waals surface area contributed by atoms with Gasteiger partial charge in [0.15, 0.2) is 10.8 Å². The molecule has 0 fully saturated rings. The maximum absolute atomic E-state index is 11.5. The van der Waals surface area contributed by atoms with Gasteiger partial charge in [-0.15, -0.1) is 23.2 Å². The molecule has 0 radical (unpaired) electrons. The topological polar surface area (TPSA) is 0 Å². The van der Waals surface area contributed by atoms with Crippen molar-refractivity contribution in [2.45, 2.75) is 23.1 Å². The number of alkyl halides is 8. The molecule has 0 aliphatic rings. The summed E-state index contributed by atoms with van der Waals surface area (Å²) in [4.78, 5) is 0. The lowest BCUT2D eigenvalue weighted by molar-refractivity contribution is -0.176. The Hall–Kier alpha value is 0.160. The summed E-state index contributed by atoms with van der Waals surface area (Å²) < 4.78 is 69.1. The Labute approximate surface area is 73.4 Å². The van der Waals surface area contributed by atoms with E-state index < -0.39 is 23.1 Å². The molecule has 0 saturated carbocycles. The van der Waals surface area contributed by atoms with Crippen LogP contribution in [-0.2, 0) is 0 Å². The van der Waals surface area contributed by atoms with Crippen molar-refractivity contribution in [2.24, 2.45) is 0 Å². The molecule has 0 amide bonds. The van der Waals surface area contributed by atoms with Crippen LogP contribution in [0.25, 0.3) is 0 Å². The molecule has 0 saturated heterocycles. The van der Waals surface area contributed by atoms with Crippen molar-refractivity contribution in [3.8, 4) is 0 Å². The van der Waals surface area contributed by atoms with Gasteiger partial charge in [0.2, 0.25) is 0 Å². The quantitative estimate of drug-likeness (QED) is 0.483. The summed E-state index contributed by atoms with van der Waals surface area (Å²) >= 11 is 8.83. The Kier molecular flexibility index (Phi) is 3.54. The summed E-state index contributed by atoms with van der Waals surface area (Å²) in [5, 5.41) is -6.22. The summed E-state index contributed by atoms with van der Waals surface area (Å²) in [6, 6.07) is 0. The molecule has 0 aliphatic carbocycles. The van der Waals surface area contributed by atoms with E-state index in [9.17, 15) is 26.3 Å². The zero-order chi connectivity index (χ0) is 10.2. The van der Waals surface area contributed by atoms with Crippen LogP contribution in [0.3, 0.4) is 0 Å². The highest BCUT2D eigenvalue weighted by atomic mass is 35.5. The molecular formula is C4H2Cl2F6. The molecule has 0 bridgehead atoms. The molecular weight excluding hydrogens is 233 g/mol. The summed E-state index contributed by atoms with van der Waals surface area (Å²) in [5.74, 6) is 0. The van der Waals surface area contributed by atoms with Crippen LogP contribution in [0.5, 0.6) is 0 Å². The Balaban J connectivity index is 4.41. The second-order valence-electron chi connectivity index (χ2n) is 1.89. The third-order valence-electron chi connectivity index (χ3n) is 0.882. The minimum absolute atomic E-state index is 3.11. The van der Waals surface area contributed by atoms with Crippen LogP contribution in [0.15, 0.2) is 0 Å². The van der Waals surface area contributed by atoms with Gasteiger partial charge >= 0.3 is 12.4 Å². The van der Waals surface area contributed by atoms with E-state index in [1.807, 2.05) is 0 Å². The molecule has 2 unspecified atom stereocenters. The highest BCUT2D eigenvalue weighted by Gasteiger charge is 2.53. The maximum Gasteiger partial charge on any atom is 0.406 e. The van der Waals surface area contributed by atoms with Crippen LogP contribution in [0.4, 0.5) is 26.3 Å². The van der Waals surface area contributed by atoms with Gasteiger partial charge in [-0.2, -0.15) is 26.3 Å². The average Bonchev–Trinajstić information content (AvgIpc) is 1.80. The van der Waals surface area contributed by atoms with Crippen molar-refractivity contribution in [1.82, 2.24) is 0 Å². The molecule has 0 aromatic carbocycles. The monoisotopic (exact) mass is 234 g/mol. The van der Waals surface area contributed by atoms with Crippen LogP contribution >= 0.6 is 23.2 Å². The minimum atomic E-state index is -5.15. The maximum atomic E-state index is 11.5. The molecule has 0 spiro atoms. The molecule has 0 heterocycles. The van der Waals surface area contributed by atoms with E-state index >= 15 is 0 Å². The van der Waals surface area contributed by atoms with Gasteiger partial charge in [0.05, 0.1) is 0 Å². The Morgan fingerprint density at radius 2 is 0.833 bits per heavy atom. The first-order valence-electron chi connectivity index (χ1n) is 2.48. The smallest absolute Gasteiger partial charge is 0.169 e. The van der Waals surface area contributed by atoms with Gasteiger partial charge in [-0.3, -0.25) is 0 Å². The van der Waals surface area contributed by atoms with Crippen LogP contribution in [0.2, 0.25) is 0 Å².